The van der Waals surface area contributed by atoms with Crippen molar-refractivity contribution in [2.45, 2.75) is 18.1 Å². The van der Waals surface area contributed by atoms with Crippen LogP contribution in [0.5, 0.6) is 0 Å². The van der Waals surface area contributed by atoms with E-state index in [1.54, 1.807) is 17.8 Å². The molecule has 1 nitrogen and oxygen atoms in total. The van der Waals surface area contributed by atoms with Crippen LogP contribution in [0, 0.1) is 5.82 Å². The SMILES string of the molecule is NCc1cc(F)cc(CSCc2ccccc2Cl)c1. The number of halogens is 2. The topological polar surface area (TPSA) is 26.0 Å². The molecule has 19 heavy (non-hydrogen) atoms. The van der Waals surface area contributed by atoms with Crippen molar-refractivity contribution in [1.82, 2.24) is 0 Å². The molecule has 4 heteroatoms. The summed E-state index contributed by atoms with van der Waals surface area (Å²) in [5.74, 6) is 1.33. The quantitative estimate of drug-likeness (QED) is 0.886. The van der Waals surface area contributed by atoms with Crippen molar-refractivity contribution in [2.75, 3.05) is 0 Å². The number of benzene rings is 2. The highest BCUT2D eigenvalue weighted by Gasteiger charge is 2.02. The Morgan fingerprint density at radius 1 is 1.05 bits per heavy atom. The van der Waals surface area contributed by atoms with E-state index in [9.17, 15) is 4.39 Å². The van der Waals surface area contributed by atoms with Gasteiger partial charge >= 0.3 is 0 Å². The highest BCUT2D eigenvalue weighted by Crippen LogP contribution is 2.24. The van der Waals surface area contributed by atoms with Crippen molar-refractivity contribution >= 4 is 23.4 Å². The number of rotatable bonds is 5. The Balaban J connectivity index is 1.96. The Hall–Kier alpha value is -1.03. The first-order valence-corrected chi connectivity index (χ1v) is 7.52. The van der Waals surface area contributed by atoms with Crippen LogP contribution in [0.2, 0.25) is 5.02 Å². The normalized spacial score (nSPS) is 10.7. The Kier molecular flexibility index (Phi) is 5.25. The first-order chi connectivity index (χ1) is 9.19. The predicted molar refractivity (Wildman–Crippen MR) is 80.7 cm³/mol. The molecule has 0 atom stereocenters. The lowest BCUT2D eigenvalue weighted by atomic mass is 10.1. The van der Waals surface area contributed by atoms with E-state index in [2.05, 4.69) is 0 Å². The van der Waals surface area contributed by atoms with E-state index < -0.39 is 0 Å². The number of thioether (sulfide) groups is 1. The van der Waals surface area contributed by atoms with E-state index >= 15 is 0 Å². The molecule has 0 aliphatic rings. The minimum absolute atomic E-state index is 0.226. The fourth-order valence-electron chi connectivity index (χ4n) is 1.81. The van der Waals surface area contributed by atoms with Gasteiger partial charge in [-0.05, 0) is 34.9 Å². The third kappa shape index (κ3) is 4.23. The molecule has 0 aromatic heterocycles. The van der Waals surface area contributed by atoms with Crippen LogP contribution in [0.4, 0.5) is 4.39 Å². The van der Waals surface area contributed by atoms with Crippen molar-refractivity contribution < 1.29 is 4.39 Å². The highest BCUT2D eigenvalue weighted by molar-refractivity contribution is 7.97. The Labute approximate surface area is 122 Å². The molecule has 0 aliphatic heterocycles. The molecule has 2 aromatic rings. The van der Waals surface area contributed by atoms with Crippen molar-refractivity contribution in [3.63, 3.8) is 0 Å². The second-order valence-electron chi connectivity index (χ2n) is 4.26. The summed E-state index contributed by atoms with van der Waals surface area (Å²) in [6.45, 7) is 0.361. The summed E-state index contributed by atoms with van der Waals surface area (Å²) in [4.78, 5) is 0. The molecule has 0 radical (unpaired) electrons. The first-order valence-electron chi connectivity index (χ1n) is 5.98. The maximum Gasteiger partial charge on any atom is 0.123 e. The predicted octanol–water partition coefficient (Wildman–Crippen LogP) is 4.37. The highest BCUT2D eigenvalue weighted by atomic mass is 35.5. The van der Waals surface area contributed by atoms with Gasteiger partial charge in [-0.25, -0.2) is 4.39 Å². The van der Waals surface area contributed by atoms with E-state index in [0.29, 0.717) is 6.54 Å². The maximum absolute atomic E-state index is 13.3. The Morgan fingerprint density at radius 3 is 2.53 bits per heavy atom. The average molecular weight is 296 g/mol. The molecule has 0 spiro atoms. The summed E-state index contributed by atoms with van der Waals surface area (Å²) in [6.07, 6.45) is 0. The zero-order valence-corrected chi connectivity index (χ0v) is 12.0. The van der Waals surface area contributed by atoms with Crippen molar-refractivity contribution in [2.24, 2.45) is 5.73 Å². The minimum Gasteiger partial charge on any atom is -0.326 e. The van der Waals surface area contributed by atoms with Gasteiger partial charge < -0.3 is 5.73 Å². The third-order valence-electron chi connectivity index (χ3n) is 2.74. The molecular formula is C15H15ClFNS. The standard InChI is InChI=1S/C15H15ClFNS/c16-15-4-2-1-3-13(15)10-19-9-12-5-11(8-18)6-14(17)7-12/h1-7H,8-10,18H2. The molecule has 0 bridgehead atoms. The van der Waals surface area contributed by atoms with Crippen LogP contribution in [-0.4, -0.2) is 0 Å². The van der Waals surface area contributed by atoms with Crippen LogP contribution < -0.4 is 5.73 Å². The van der Waals surface area contributed by atoms with Crippen molar-refractivity contribution in [1.29, 1.82) is 0 Å². The molecule has 2 aromatic carbocycles. The molecule has 0 aliphatic carbocycles. The molecule has 0 saturated heterocycles. The summed E-state index contributed by atoms with van der Waals surface area (Å²) in [6, 6.07) is 12.7. The number of hydrogen-bond donors (Lipinski definition) is 1. The van der Waals surface area contributed by atoms with E-state index in [-0.39, 0.29) is 5.82 Å². The summed E-state index contributed by atoms with van der Waals surface area (Å²) in [5.41, 5.74) is 8.42. The maximum atomic E-state index is 13.3. The van der Waals surface area contributed by atoms with Gasteiger partial charge in [-0.1, -0.05) is 35.9 Å². The van der Waals surface area contributed by atoms with Crippen molar-refractivity contribution in [3.8, 4) is 0 Å². The molecule has 0 amide bonds. The second-order valence-corrected chi connectivity index (χ2v) is 5.65. The summed E-state index contributed by atoms with van der Waals surface area (Å²) < 4.78 is 13.3. The molecular weight excluding hydrogens is 281 g/mol. The second kappa shape index (κ2) is 6.94. The molecule has 2 rings (SSSR count). The largest absolute Gasteiger partial charge is 0.326 e. The van der Waals surface area contributed by atoms with Crippen molar-refractivity contribution in [3.05, 3.63) is 70.0 Å². The van der Waals surface area contributed by atoms with Crippen LogP contribution >= 0.6 is 23.4 Å². The van der Waals surface area contributed by atoms with Crippen LogP contribution in [0.15, 0.2) is 42.5 Å². The lowest BCUT2D eigenvalue weighted by molar-refractivity contribution is 0.624. The monoisotopic (exact) mass is 295 g/mol. The van der Waals surface area contributed by atoms with Gasteiger partial charge in [-0.3, -0.25) is 0 Å². The van der Waals surface area contributed by atoms with Crippen LogP contribution in [-0.2, 0) is 18.1 Å². The molecule has 0 saturated carbocycles. The zero-order valence-electron chi connectivity index (χ0n) is 10.4. The fraction of sp³-hybridized carbons (Fsp3) is 0.200. The smallest absolute Gasteiger partial charge is 0.123 e. The van der Waals surface area contributed by atoms with Gasteiger partial charge in [-0.2, -0.15) is 11.8 Å². The van der Waals surface area contributed by atoms with Crippen LogP contribution in [0.3, 0.4) is 0 Å². The third-order valence-corrected chi connectivity index (χ3v) is 4.16. The molecule has 2 N–H and O–H groups in total. The van der Waals surface area contributed by atoms with Gasteiger partial charge in [0.05, 0.1) is 0 Å². The first kappa shape index (κ1) is 14.4. The molecule has 100 valence electrons. The lowest BCUT2D eigenvalue weighted by Gasteiger charge is -2.06. The van der Waals surface area contributed by atoms with E-state index in [4.69, 9.17) is 17.3 Å². The van der Waals surface area contributed by atoms with Gasteiger partial charge in [-0.15, -0.1) is 0 Å². The average Bonchev–Trinajstić information content (AvgIpc) is 2.40. The lowest BCUT2D eigenvalue weighted by Crippen LogP contribution is -1.98. The summed E-state index contributed by atoms with van der Waals surface area (Å²) in [5, 5.41) is 0.775. The van der Waals surface area contributed by atoms with Crippen LogP contribution in [0.25, 0.3) is 0 Å². The number of nitrogens with two attached hydrogens (primary N) is 1. The van der Waals surface area contributed by atoms with Gasteiger partial charge in [0.15, 0.2) is 0 Å². The van der Waals surface area contributed by atoms with Gasteiger partial charge in [0.1, 0.15) is 5.82 Å². The Bertz CT molecular complexity index is 560. The van der Waals surface area contributed by atoms with Gasteiger partial charge in [0, 0.05) is 23.1 Å². The van der Waals surface area contributed by atoms with E-state index in [1.807, 2.05) is 30.3 Å². The van der Waals surface area contributed by atoms with Gasteiger partial charge in [0.25, 0.3) is 0 Å². The Morgan fingerprint density at radius 2 is 1.79 bits per heavy atom. The summed E-state index contributed by atoms with van der Waals surface area (Å²) >= 11 is 7.80. The fourth-order valence-corrected chi connectivity index (χ4v) is 3.07. The molecule has 0 heterocycles. The zero-order chi connectivity index (χ0) is 13.7. The number of hydrogen-bond acceptors (Lipinski definition) is 2. The minimum atomic E-state index is -0.226. The van der Waals surface area contributed by atoms with Gasteiger partial charge in [0.2, 0.25) is 0 Å². The molecule has 0 fully saturated rings. The van der Waals surface area contributed by atoms with Crippen LogP contribution in [0.1, 0.15) is 16.7 Å². The summed E-state index contributed by atoms with van der Waals surface area (Å²) in [7, 11) is 0. The van der Waals surface area contributed by atoms with E-state index in [1.165, 1.54) is 6.07 Å². The molecule has 0 unspecified atom stereocenters. The van der Waals surface area contributed by atoms with E-state index in [0.717, 1.165) is 33.2 Å².